The van der Waals surface area contributed by atoms with Crippen molar-refractivity contribution in [3.8, 4) is 5.88 Å². The quantitative estimate of drug-likeness (QED) is 0.858. The van der Waals surface area contributed by atoms with Crippen LogP contribution in [0.1, 0.15) is 13.3 Å². The second-order valence-corrected chi connectivity index (χ2v) is 4.86. The van der Waals surface area contributed by atoms with Gasteiger partial charge in [0.05, 0.1) is 7.11 Å². The Morgan fingerprint density at radius 1 is 1.32 bits per heavy atom. The third kappa shape index (κ3) is 3.36. The van der Waals surface area contributed by atoms with Crippen molar-refractivity contribution in [2.75, 3.05) is 44.7 Å². The molecular weight excluding hydrogens is 240 g/mol. The fourth-order valence-corrected chi connectivity index (χ4v) is 2.58. The highest BCUT2D eigenvalue weighted by atomic mass is 16.5. The molecule has 2 heterocycles. The van der Waals surface area contributed by atoms with E-state index in [9.17, 15) is 0 Å². The van der Waals surface area contributed by atoms with Crippen molar-refractivity contribution < 1.29 is 4.74 Å². The number of hydrogen-bond acceptors (Lipinski definition) is 5. The summed E-state index contributed by atoms with van der Waals surface area (Å²) in [6, 6.07) is 6.42. The molecule has 1 atom stereocenters. The maximum absolute atomic E-state index is 5.81. The van der Waals surface area contributed by atoms with Crippen molar-refractivity contribution >= 4 is 5.82 Å². The van der Waals surface area contributed by atoms with E-state index in [-0.39, 0.29) is 0 Å². The van der Waals surface area contributed by atoms with Gasteiger partial charge in [0.25, 0.3) is 0 Å². The number of aromatic nitrogens is 1. The maximum atomic E-state index is 5.81. The Bertz CT molecular complexity index is 387. The zero-order valence-corrected chi connectivity index (χ0v) is 11.9. The Labute approximate surface area is 115 Å². The van der Waals surface area contributed by atoms with Crippen LogP contribution in [0.4, 0.5) is 5.82 Å². The fraction of sp³-hybridized carbons (Fsp3) is 0.643. The van der Waals surface area contributed by atoms with E-state index in [0.717, 1.165) is 45.0 Å². The van der Waals surface area contributed by atoms with E-state index in [1.807, 2.05) is 18.2 Å². The highest BCUT2D eigenvalue weighted by Crippen LogP contribution is 2.18. The van der Waals surface area contributed by atoms with Gasteiger partial charge in [-0.1, -0.05) is 13.0 Å². The summed E-state index contributed by atoms with van der Waals surface area (Å²) in [4.78, 5) is 9.28. The predicted octanol–water partition coefficient (Wildman–Crippen LogP) is 0.949. The van der Waals surface area contributed by atoms with E-state index >= 15 is 0 Å². The van der Waals surface area contributed by atoms with Crippen molar-refractivity contribution in [3.05, 3.63) is 18.2 Å². The molecule has 0 radical (unpaired) electrons. The van der Waals surface area contributed by atoms with E-state index in [0.29, 0.717) is 11.9 Å². The molecule has 1 aromatic rings. The molecule has 0 aromatic carbocycles. The summed E-state index contributed by atoms with van der Waals surface area (Å²) in [5, 5.41) is 0. The van der Waals surface area contributed by atoms with Gasteiger partial charge in [0.2, 0.25) is 5.88 Å². The van der Waals surface area contributed by atoms with Gasteiger partial charge in [-0.15, -0.1) is 0 Å². The average Bonchev–Trinajstić information content (AvgIpc) is 2.49. The van der Waals surface area contributed by atoms with Gasteiger partial charge in [-0.2, -0.15) is 4.98 Å². The van der Waals surface area contributed by atoms with Crippen molar-refractivity contribution in [2.45, 2.75) is 19.4 Å². The molecule has 2 N–H and O–H groups in total. The molecule has 0 bridgehead atoms. The molecule has 1 aliphatic heterocycles. The van der Waals surface area contributed by atoms with Gasteiger partial charge < -0.3 is 15.4 Å². The van der Waals surface area contributed by atoms with Crippen molar-refractivity contribution in [1.29, 1.82) is 0 Å². The molecule has 2 rings (SSSR count). The predicted molar refractivity (Wildman–Crippen MR) is 77.7 cm³/mol. The lowest BCUT2D eigenvalue weighted by Gasteiger charge is -2.39. The summed E-state index contributed by atoms with van der Waals surface area (Å²) in [5.41, 5.74) is 5.81. The number of nitrogens with two attached hydrogens (primary N) is 1. The van der Waals surface area contributed by atoms with Gasteiger partial charge in [-0.3, -0.25) is 4.90 Å². The molecule has 0 saturated carbocycles. The molecule has 0 amide bonds. The van der Waals surface area contributed by atoms with Gasteiger partial charge in [-0.25, -0.2) is 0 Å². The Kier molecular flexibility index (Phi) is 4.99. The van der Waals surface area contributed by atoms with Gasteiger partial charge in [-0.05, 0) is 12.5 Å². The Morgan fingerprint density at radius 2 is 2.05 bits per heavy atom. The Morgan fingerprint density at radius 3 is 2.63 bits per heavy atom. The van der Waals surface area contributed by atoms with Crippen LogP contribution in [0.25, 0.3) is 0 Å². The minimum atomic E-state index is 0.514. The number of hydrogen-bond donors (Lipinski definition) is 1. The lowest BCUT2D eigenvalue weighted by atomic mass is 10.1. The topological polar surface area (TPSA) is 54.6 Å². The highest BCUT2D eigenvalue weighted by Gasteiger charge is 2.22. The zero-order chi connectivity index (χ0) is 13.7. The van der Waals surface area contributed by atoms with Gasteiger partial charge in [0.1, 0.15) is 5.82 Å². The molecule has 0 aliphatic carbocycles. The number of methoxy groups -OCH3 is 1. The van der Waals surface area contributed by atoms with Crippen molar-refractivity contribution in [2.24, 2.45) is 5.73 Å². The van der Waals surface area contributed by atoms with E-state index in [1.54, 1.807) is 7.11 Å². The molecule has 0 spiro atoms. The lowest BCUT2D eigenvalue weighted by molar-refractivity contribution is 0.184. The molecule has 1 unspecified atom stereocenters. The van der Waals surface area contributed by atoms with Gasteiger partial charge in [0, 0.05) is 44.8 Å². The summed E-state index contributed by atoms with van der Waals surface area (Å²) in [5.74, 6) is 1.67. The molecule has 19 heavy (non-hydrogen) atoms. The average molecular weight is 264 g/mol. The van der Waals surface area contributed by atoms with Crippen LogP contribution in [0, 0.1) is 0 Å². The Balaban J connectivity index is 1.95. The molecule has 1 aliphatic rings. The van der Waals surface area contributed by atoms with Crippen LogP contribution < -0.4 is 15.4 Å². The largest absolute Gasteiger partial charge is 0.481 e. The summed E-state index contributed by atoms with van der Waals surface area (Å²) in [7, 11) is 1.65. The fourth-order valence-electron chi connectivity index (χ4n) is 2.58. The molecule has 1 aromatic heterocycles. The van der Waals surface area contributed by atoms with Crippen molar-refractivity contribution in [1.82, 2.24) is 9.88 Å². The molecule has 1 fully saturated rings. The first kappa shape index (κ1) is 14.1. The highest BCUT2D eigenvalue weighted by molar-refractivity contribution is 5.41. The summed E-state index contributed by atoms with van der Waals surface area (Å²) >= 11 is 0. The second-order valence-electron chi connectivity index (χ2n) is 4.86. The lowest BCUT2D eigenvalue weighted by Crippen LogP contribution is -2.52. The first-order valence-electron chi connectivity index (χ1n) is 6.98. The number of piperazine rings is 1. The minimum Gasteiger partial charge on any atom is -0.481 e. The number of pyridine rings is 1. The van der Waals surface area contributed by atoms with Crippen LogP contribution in [-0.4, -0.2) is 55.8 Å². The number of rotatable bonds is 5. The van der Waals surface area contributed by atoms with Gasteiger partial charge in [0.15, 0.2) is 0 Å². The standard InChI is InChI=1S/C14H24N4O/c1-3-12(11-15)17-7-9-18(10-8-17)13-5-4-6-14(16-13)19-2/h4-6,12H,3,7-11,15H2,1-2H3. The molecule has 5 nitrogen and oxygen atoms in total. The second kappa shape index (κ2) is 6.73. The summed E-state index contributed by atoms with van der Waals surface area (Å²) < 4.78 is 5.18. The van der Waals surface area contributed by atoms with Crippen LogP contribution >= 0.6 is 0 Å². The first-order chi connectivity index (χ1) is 9.28. The maximum Gasteiger partial charge on any atom is 0.214 e. The minimum absolute atomic E-state index is 0.514. The summed E-state index contributed by atoms with van der Waals surface area (Å²) in [6.45, 7) is 7.04. The molecular formula is C14H24N4O. The SMILES string of the molecule is CCC(CN)N1CCN(c2cccc(OC)n2)CC1. The number of anilines is 1. The van der Waals surface area contributed by atoms with Crippen LogP contribution in [0.3, 0.4) is 0 Å². The Hall–Kier alpha value is -1.33. The van der Waals surface area contributed by atoms with Crippen LogP contribution in [-0.2, 0) is 0 Å². The van der Waals surface area contributed by atoms with E-state index < -0.39 is 0 Å². The third-order valence-electron chi connectivity index (χ3n) is 3.82. The van der Waals surface area contributed by atoms with E-state index in [2.05, 4.69) is 21.7 Å². The molecule has 5 heteroatoms. The molecule has 1 saturated heterocycles. The molecule has 106 valence electrons. The monoisotopic (exact) mass is 264 g/mol. The normalized spacial score (nSPS) is 18.4. The van der Waals surface area contributed by atoms with Crippen LogP contribution in [0.15, 0.2) is 18.2 Å². The first-order valence-corrected chi connectivity index (χ1v) is 6.98. The number of ether oxygens (including phenoxy) is 1. The smallest absolute Gasteiger partial charge is 0.214 e. The van der Waals surface area contributed by atoms with E-state index in [1.165, 1.54) is 0 Å². The third-order valence-corrected chi connectivity index (χ3v) is 3.82. The van der Waals surface area contributed by atoms with E-state index in [4.69, 9.17) is 10.5 Å². The number of nitrogens with zero attached hydrogens (tertiary/aromatic N) is 3. The van der Waals surface area contributed by atoms with Crippen LogP contribution in [0.5, 0.6) is 5.88 Å². The van der Waals surface area contributed by atoms with Gasteiger partial charge >= 0.3 is 0 Å². The van der Waals surface area contributed by atoms with Crippen molar-refractivity contribution in [3.63, 3.8) is 0 Å². The summed E-state index contributed by atoms with van der Waals surface area (Å²) in [6.07, 6.45) is 1.12. The van der Waals surface area contributed by atoms with Crippen LogP contribution in [0.2, 0.25) is 0 Å². The zero-order valence-electron chi connectivity index (χ0n) is 11.9.